The van der Waals surface area contributed by atoms with Crippen molar-refractivity contribution in [3.05, 3.63) is 121 Å². The summed E-state index contributed by atoms with van der Waals surface area (Å²) in [5, 5.41) is 14.4. The Balaban J connectivity index is 0.000000591. The van der Waals surface area contributed by atoms with E-state index in [0.29, 0.717) is 0 Å². The zero-order chi connectivity index (χ0) is 20.5. The van der Waals surface area contributed by atoms with E-state index in [4.69, 9.17) is 9.90 Å². The summed E-state index contributed by atoms with van der Waals surface area (Å²) in [7, 11) is -1.91. The van der Waals surface area contributed by atoms with E-state index >= 15 is 0 Å². The van der Waals surface area contributed by atoms with E-state index in [1.54, 1.807) is 0 Å². The standard InChI is InChI=1S/C24H20P.C2H3O2.H2O/c1-5-13-21(14-6-1)25(22-15-7-2-8-16-22,23-17-9-3-10-18-23)24-19-11-4-12-20-24;1-2(3)4;/h1-20H;1H3;1H2/q+1;;/p-1. The molecule has 0 heterocycles. The summed E-state index contributed by atoms with van der Waals surface area (Å²) >= 11 is 0. The molecular weight excluding hydrogens is 391 g/mol. The first-order valence-electron chi connectivity index (χ1n) is 9.45. The Bertz CT molecular complexity index is 853. The van der Waals surface area contributed by atoms with Crippen LogP contribution in [0.2, 0.25) is 0 Å². The van der Waals surface area contributed by atoms with E-state index < -0.39 is 13.2 Å². The van der Waals surface area contributed by atoms with Crippen molar-refractivity contribution < 1.29 is 15.4 Å². The first-order chi connectivity index (χ1) is 14.2. The van der Waals surface area contributed by atoms with Crippen LogP contribution in [0.1, 0.15) is 6.92 Å². The van der Waals surface area contributed by atoms with Crippen LogP contribution >= 0.6 is 7.26 Å². The van der Waals surface area contributed by atoms with E-state index in [1.165, 1.54) is 21.2 Å². The number of carbonyl (C=O) groups excluding carboxylic acids is 1. The molecule has 30 heavy (non-hydrogen) atoms. The molecule has 1 N–H and O–H groups in total. The second kappa shape index (κ2) is 11.1. The third-order valence-electron chi connectivity index (χ3n) is 4.57. The SMILES string of the molecule is CC([O])=O.[OH-].c1ccc([P+](c2ccccc2)(c2ccccc2)c2ccccc2)cc1. The molecule has 0 aliphatic heterocycles. The fourth-order valence-corrected chi connectivity index (χ4v) is 7.77. The molecule has 0 aliphatic carbocycles. The maximum absolute atomic E-state index is 8.89. The van der Waals surface area contributed by atoms with Gasteiger partial charge in [-0.25, -0.2) is 9.90 Å². The predicted molar refractivity (Wildman–Crippen MR) is 125 cm³/mol. The molecule has 3 nitrogen and oxygen atoms in total. The minimum Gasteiger partial charge on any atom is -0.870 e. The molecule has 4 heteroatoms. The number of carbonyl (C=O) groups is 1. The fourth-order valence-electron chi connectivity index (χ4n) is 3.50. The van der Waals surface area contributed by atoms with E-state index in [0.717, 1.165) is 6.92 Å². The van der Waals surface area contributed by atoms with Gasteiger partial charge in [-0.05, 0) is 48.5 Å². The lowest BCUT2D eigenvalue weighted by Gasteiger charge is -2.27. The molecule has 1 radical (unpaired) electrons. The molecule has 0 saturated heterocycles. The van der Waals surface area contributed by atoms with Gasteiger partial charge in [0, 0.05) is 6.92 Å². The van der Waals surface area contributed by atoms with Crippen LogP contribution in [0.3, 0.4) is 0 Å². The van der Waals surface area contributed by atoms with E-state index in [-0.39, 0.29) is 5.48 Å². The third kappa shape index (κ3) is 5.01. The van der Waals surface area contributed by atoms with Crippen LogP contribution < -0.4 is 21.2 Å². The Labute approximate surface area is 178 Å². The largest absolute Gasteiger partial charge is 0.870 e. The van der Waals surface area contributed by atoms with Crippen LogP contribution in [0.5, 0.6) is 0 Å². The normalized spacial score (nSPS) is 10.2. The molecule has 0 spiro atoms. The third-order valence-corrected chi connectivity index (χ3v) is 8.86. The van der Waals surface area contributed by atoms with Crippen LogP contribution in [-0.2, 0) is 9.90 Å². The number of hydrogen-bond acceptors (Lipinski definition) is 2. The Hall–Kier alpha value is -3.26. The van der Waals surface area contributed by atoms with Crippen LogP contribution in [0, 0.1) is 0 Å². The van der Waals surface area contributed by atoms with Crippen molar-refractivity contribution in [2.45, 2.75) is 6.92 Å². The van der Waals surface area contributed by atoms with Gasteiger partial charge in [-0.15, -0.1) is 0 Å². The van der Waals surface area contributed by atoms with Crippen molar-refractivity contribution >= 4 is 34.4 Å². The van der Waals surface area contributed by atoms with Crippen LogP contribution in [0.15, 0.2) is 121 Å². The highest BCUT2D eigenvalue weighted by Gasteiger charge is 2.47. The molecule has 0 aliphatic rings. The van der Waals surface area contributed by atoms with Gasteiger partial charge < -0.3 is 5.48 Å². The molecule has 4 rings (SSSR count). The van der Waals surface area contributed by atoms with Gasteiger partial charge in [-0.1, -0.05) is 72.8 Å². The summed E-state index contributed by atoms with van der Waals surface area (Å²) in [5.41, 5.74) is 0. The van der Waals surface area contributed by atoms with Crippen molar-refractivity contribution in [1.29, 1.82) is 0 Å². The van der Waals surface area contributed by atoms with Gasteiger partial charge in [0.2, 0.25) is 0 Å². The zero-order valence-electron chi connectivity index (χ0n) is 16.8. The molecule has 151 valence electrons. The molecule has 0 bridgehead atoms. The lowest BCUT2D eigenvalue weighted by atomic mass is 10.3. The molecule has 0 amide bonds. The van der Waals surface area contributed by atoms with Crippen molar-refractivity contribution in [3.8, 4) is 0 Å². The topological polar surface area (TPSA) is 67.0 Å². The fraction of sp³-hybridized carbons (Fsp3) is 0.0385. The molecule has 0 fully saturated rings. The second-order valence-corrected chi connectivity index (χ2v) is 9.91. The molecule has 0 aromatic heterocycles. The van der Waals surface area contributed by atoms with Gasteiger partial charge in [-0.3, -0.25) is 0 Å². The highest BCUT2D eigenvalue weighted by molar-refractivity contribution is 8.01. The Morgan fingerprint density at radius 3 is 0.833 bits per heavy atom. The molecule has 0 atom stereocenters. The number of rotatable bonds is 4. The summed E-state index contributed by atoms with van der Waals surface area (Å²) in [6, 6.07) is 43.8. The van der Waals surface area contributed by atoms with Crippen molar-refractivity contribution in [2.24, 2.45) is 0 Å². The van der Waals surface area contributed by atoms with Gasteiger partial charge >= 0.3 is 5.97 Å². The van der Waals surface area contributed by atoms with E-state index in [9.17, 15) is 0 Å². The van der Waals surface area contributed by atoms with Gasteiger partial charge in [0.15, 0.2) is 0 Å². The Morgan fingerprint density at radius 2 is 0.667 bits per heavy atom. The Morgan fingerprint density at radius 1 is 0.500 bits per heavy atom. The maximum atomic E-state index is 8.89. The number of hydrogen-bond donors (Lipinski definition) is 0. The highest BCUT2D eigenvalue weighted by atomic mass is 31.2. The lowest BCUT2D eigenvalue weighted by Crippen LogP contribution is -2.38. The average Bonchev–Trinajstić information content (AvgIpc) is 2.77. The minimum atomic E-state index is -1.91. The molecular formula is C26H24O3P. The first-order valence-corrected chi connectivity index (χ1v) is 11.2. The van der Waals surface area contributed by atoms with Crippen molar-refractivity contribution in [2.75, 3.05) is 0 Å². The smallest absolute Gasteiger partial charge is 0.352 e. The lowest BCUT2D eigenvalue weighted by molar-refractivity contribution is -0.140. The minimum absolute atomic E-state index is 0. The van der Waals surface area contributed by atoms with Gasteiger partial charge in [0.25, 0.3) is 0 Å². The molecule has 4 aromatic rings. The second-order valence-electron chi connectivity index (χ2n) is 6.50. The monoisotopic (exact) mass is 415 g/mol. The highest BCUT2D eigenvalue weighted by Crippen LogP contribution is 2.53. The summed E-state index contributed by atoms with van der Waals surface area (Å²) in [4.78, 5) is 8.89. The van der Waals surface area contributed by atoms with Crippen molar-refractivity contribution in [3.63, 3.8) is 0 Å². The molecule has 4 aromatic carbocycles. The number of benzene rings is 4. The van der Waals surface area contributed by atoms with Crippen LogP contribution in [0.25, 0.3) is 0 Å². The van der Waals surface area contributed by atoms with Crippen molar-refractivity contribution in [1.82, 2.24) is 0 Å². The molecule has 0 saturated carbocycles. The van der Waals surface area contributed by atoms with Gasteiger partial charge in [0.1, 0.15) is 28.5 Å². The zero-order valence-corrected chi connectivity index (χ0v) is 17.7. The van der Waals surface area contributed by atoms with Gasteiger partial charge in [-0.2, -0.15) is 0 Å². The summed E-state index contributed by atoms with van der Waals surface area (Å²) in [6.45, 7) is 0.972. The van der Waals surface area contributed by atoms with Crippen LogP contribution in [0.4, 0.5) is 0 Å². The summed E-state index contributed by atoms with van der Waals surface area (Å²) < 4.78 is 0. The summed E-state index contributed by atoms with van der Waals surface area (Å²) in [5.74, 6) is -1.08. The Kier molecular flexibility index (Phi) is 8.49. The predicted octanol–water partition coefficient (Wildman–Crippen LogP) is 4.09. The van der Waals surface area contributed by atoms with Gasteiger partial charge in [0.05, 0.1) is 0 Å². The van der Waals surface area contributed by atoms with E-state index in [1.807, 2.05) is 0 Å². The maximum Gasteiger partial charge on any atom is 0.352 e. The average molecular weight is 415 g/mol. The molecule has 0 unspecified atom stereocenters. The first kappa shape index (κ1) is 23.0. The summed E-state index contributed by atoms with van der Waals surface area (Å²) in [6.07, 6.45) is 0. The van der Waals surface area contributed by atoms with Crippen LogP contribution in [-0.4, -0.2) is 11.4 Å². The quantitative estimate of drug-likeness (QED) is 0.471. The van der Waals surface area contributed by atoms with E-state index in [2.05, 4.69) is 121 Å².